The van der Waals surface area contributed by atoms with Crippen LogP contribution in [0.15, 0.2) is 70.1 Å². The van der Waals surface area contributed by atoms with Crippen LogP contribution in [0.2, 0.25) is 5.02 Å². The Balaban J connectivity index is 1.45. The summed E-state index contributed by atoms with van der Waals surface area (Å²) >= 11 is 6.19. The van der Waals surface area contributed by atoms with E-state index in [0.717, 1.165) is 21.4 Å². The molecule has 0 unspecified atom stereocenters. The number of nitrogens with zero attached hydrogens (tertiary/aromatic N) is 5. The lowest BCUT2D eigenvalue weighted by atomic mass is 10.1. The molecule has 3 aromatic heterocycles. The molecular weight excluding hydrogens is 456 g/mol. The van der Waals surface area contributed by atoms with Crippen LogP contribution in [-0.2, 0) is 11.3 Å². The lowest BCUT2D eigenvalue weighted by Crippen LogP contribution is -2.28. The molecule has 5 rings (SSSR count). The first-order valence-electron chi connectivity index (χ1n) is 10.4. The zero-order valence-corrected chi connectivity index (χ0v) is 19.1. The number of aromatic nitrogens is 5. The van der Waals surface area contributed by atoms with E-state index in [1.54, 1.807) is 30.5 Å². The molecule has 2 aromatic carbocycles. The molecular formula is C24H19ClN6O3. The molecule has 0 aliphatic rings. The third-order valence-electron chi connectivity index (χ3n) is 5.23. The smallest absolute Gasteiger partial charge is 0.333 e. The Morgan fingerprint density at radius 2 is 1.91 bits per heavy atom. The SMILES string of the molecule is Cc1cccc(-c2noc(-c3cccn4c(=O)n(CC(=O)Nc5ccc(C)cc5Cl)nc34)n2)c1. The van der Waals surface area contributed by atoms with Crippen molar-refractivity contribution in [2.75, 3.05) is 5.32 Å². The van der Waals surface area contributed by atoms with Crippen molar-refractivity contribution in [1.82, 2.24) is 24.3 Å². The number of hydrogen-bond donors (Lipinski definition) is 1. The molecule has 5 aromatic rings. The van der Waals surface area contributed by atoms with Crippen LogP contribution in [0.4, 0.5) is 5.69 Å². The van der Waals surface area contributed by atoms with Gasteiger partial charge < -0.3 is 9.84 Å². The number of anilines is 1. The minimum Gasteiger partial charge on any atom is -0.333 e. The molecule has 0 aliphatic carbocycles. The number of carbonyl (C=O) groups excluding carboxylic acids is 1. The predicted octanol–water partition coefficient (Wildman–Crippen LogP) is 4.12. The first-order valence-corrected chi connectivity index (χ1v) is 10.8. The maximum absolute atomic E-state index is 12.9. The Kier molecular flexibility index (Phi) is 5.46. The standard InChI is InChI=1S/C24H19ClN6O3/c1-14-5-3-6-16(11-14)21-27-23(34-29-21)17-7-4-10-30-22(17)28-31(24(30)33)13-20(32)26-19-9-8-15(2)12-18(19)25/h3-12H,13H2,1-2H3,(H,26,32). The summed E-state index contributed by atoms with van der Waals surface area (Å²) in [5.74, 6) is 0.212. The second-order valence-corrected chi connectivity index (χ2v) is 8.29. The highest BCUT2D eigenvalue weighted by atomic mass is 35.5. The van der Waals surface area contributed by atoms with Crippen LogP contribution in [0.1, 0.15) is 11.1 Å². The third-order valence-corrected chi connectivity index (χ3v) is 5.55. The van der Waals surface area contributed by atoms with Crippen molar-refractivity contribution in [2.45, 2.75) is 20.4 Å². The fourth-order valence-electron chi connectivity index (χ4n) is 3.59. The number of hydrogen-bond acceptors (Lipinski definition) is 6. The molecule has 10 heteroatoms. The summed E-state index contributed by atoms with van der Waals surface area (Å²) in [5, 5.41) is 11.5. The van der Waals surface area contributed by atoms with E-state index >= 15 is 0 Å². The highest BCUT2D eigenvalue weighted by Crippen LogP contribution is 2.25. The van der Waals surface area contributed by atoms with Gasteiger partial charge in [-0.05, 0) is 49.7 Å². The molecule has 3 heterocycles. The Morgan fingerprint density at radius 3 is 2.71 bits per heavy atom. The predicted molar refractivity (Wildman–Crippen MR) is 128 cm³/mol. The fraction of sp³-hybridized carbons (Fsp3) is 0.125. The Bertz CT molecular complexity index is 1600. The number of fused-ring (bicyclic) bond motifs is 1. The molecule has 0 spiro atoms. The second kappa shape index (κ2) is 8.60. The van der Waals surface area contributed by atoms with E-state index in [1.165, 1.54) is 4.40 Å². The maximum Gasteiger partial charge on any atom is 0.350 e. The third kappa shape index (κ3) is 4.08. The van der Waals surface area contributed by atoms with Gasteiger partial charge in [0.25, 0.3) is 5.89 Å². The van der Waals surface area contributed by atoms with Gasteiger partial charge in [-0.25, -0.2) is 13.9 Å². The van der Waals surface area contributed by atoms with Crippen LogP contribution >= 0.6 is 11.6 Å². The first kappa shape index (κ1) is 21.6. The highest BCUT2D eigenvalue weighted by Gasteiger charge is 2.19. The van der Waals surface area contributed by atoms with E-state index in [0.29, 0.717) is 27.7 Å². The van der Waals surface area contributed by atoms with E-state index in [4.69, 9.17) is 16.1 Å². The summed E-state index contributed by atoms with van der Waals surface area (Å²) in [6.45, 7) is 3.59. The molecule has 0 fully saturated rings. The lowest BCUT2D eigenvalue weighted by molar-refractivity contribution is -0.117. The zero-order chi connectivity index (χ0) is 23.8. The van der Waals surface area contributed by atoms with E-state index < -0.39 is 11.6 Å². The van der Waals surface area contributed by atoms with Gasteiger partial charge in [-0.15, -0.1) is 5.10 Å². The number of halogens is 1. The number of nitrogens with one attached hydrogen (secondary N) is 1. The minimum atomic E-state index is -0.472. The molecule has 1 N–H and O–H groups in total. The molecule has 0 bridgehead atoms. The van der Waals surface area contributed by atoms with Gasteiger partial charge in [0, 0.05) is 11.8 Å². The van der Waals surface area contributed by atoms with Gasteiger partial charge in [0.2, 0.25) is 11.7 Å². The average molecular weight is 475 g/mol. The van der Waals surface area contributed by atoms with E-state index in [-0.39, 0.29) is 12.4 Å². The van der Waals surface area contributed by atoms with Crippen LogP contribution in [0.25, 0.3) is 28.5 Å². The molecule has 0 aliphatic heterocycles. The average Bonchev–Trinajstić information content (AvgIpc) is 3.41. The quantitative estimate of drug-likeness (QED) is 0.410. The molecule has 0 radical (unpaired) electrons. The number of amides is 1. The Morgan fingerprint density at radius 1 is 1.09 bits per heavy atom. The summed E-state index contributed by atoms with van der Waals surface area (Å²) in [6, 6.07) is 16.4. The number of carbonyl (C=O) groups is 1. The van der Waals surface area contributed by atoms with E-state index in [2.05, 4.69) is 20.6 Å². The fourth-order valence-corrected chi connectivity index (χ4v) is 3.87. The van der Waals surface area contributed by atoms with Crippen molar-refractivity contribution < 1.29 is 9.32 Å². The normalized spacial score (nSPS) is 11.1. The largest absolute Gasteiger partial charge is 0.350 e. The lowest BCUT2D eigenvalue weighted by Gasteiger charge is -2.07. The van der Waals surface area contributed by atoms with Crippen molar-refractivity contribution in [3.8, 4) is 22.8 Å². The van der Waals surface area contributed by atoms with Gasteiger partial charge >= 0.3 is 5.69 Å². The summed E-state index contributed by atoms with van der Waals surface area (Å²) in [4.78, 5) is 29.9. The molecule has 0 saturated carbocycles. The minimum absolute atomic E-state index is 0.218. The van der Waals surface area contributed by atoms with Crippen LogP contribution in [0, 0.1) is 13.8 Å². The molecule has 170 valence electrons. The number of aryl methyl sites for hydroxylation is 2. The zero-order valence-electron chi connectivity index (χ0n) is 18.3. The van der Waals surface area contributed by atoms with E-state index in [9.17, 15) is 9.59 Å². The van der Waals surface area contributed by atoms with Crippen LogP contribution in [0.5, 0.6) is 0 Å². The van der Waals surface area contributed by atoms with Gasteiger partial charge in [0.05, 0.1) is 16.3 Å². The summed E-state index contributed by atoms with van der Waals surface area (Å²) in [6.07, 6.45) is 1.57. The van der Waals surface area contributed by atoms with Gasteiger partial charge in [-0.3, -0.25) is 4.79 Å². The van der Waals surface area contributed by atoms with Gasteiger partial charge in [-0.1, -0.05) is 46.6 Å². The number of rotatable bonds is 5. The van der Waals surface area contributed by atoms with Crippen molar-refractivity contribution in [2.24, 2.45) is 0 Å². The number of pyridine rings is 1. The van der Waals surface area contributed by atoms with Crippen molar-refractivity contribution >= 4 is 28.8 Å². The second-order valence-electron chi connectivity index (χ2n) is 7.88. The molecule has 0 atom stereocenters. The number of benzene rings is 2. The first-order chi connectivity index (χ1) is 16.4. The van der Waals surface area contributed by atoms with Crippen LogP contribution in [0.3, 0.4) is 0 Å². The Labute approximate surface area is 198 Å². The van der Waals surface area contributed by atoms with Crippen LogP contribution < -0.4 is 11.0 Å². The van der Waals surface area contributed by atoms with Gasteiger partial charge in [0.15, 0.2) is 5.65 Å². The summed E-state index contributed by atoms with van der Waals surface area (Å²) < 4.78 is 7.87. The maximum atomic E-state index is 12.9. The molecule has 0 saturated heterocycles. The highest BCUT2D eigenvalue weighted by molar-refractivity contribution is 6.33. The Hall–Kier alpha value is -4.24. The van der Waals surface area contributed by atoms with Gasteiger partial charge in [-0.2, -0.15) is 4.98 Å². The molecule has 1 amide bonds. The van der Waals surface area contributed by atoms with Gasteiger partial charge in [0.1, 0.15) is 6.54 Å². The summed E-state index contributed by atoms with van der Waals surface area (Å²) in [7, 11) is 0. The molecule has 34 heavy (non-hydrogen) atoms. The topological polar surface area (TPSA) is 107 Å². The summed E-state index contributed by atoms with van der Waals surface area (Å²) in [5.41, 5.74) is 3.63. The molecule has 9 nitrogen and oxygen atoms in total. The van der Waals surface area contributed by atoms with Crippen molar-refractivity contribution in [1.29, 1.82) is 0 Å². The van der Waals surface area contributed by atoms with Crippen molar-refractivity contribution in [3.63, 3.8) is 0 Å². The monoisotopic (exact) mass is 474 g/mol. The van der Waals surface area contributed by atoms with Crippen LogP contribution in [-0.4, -0.2) is 30.2 Å². The van der Waals surface area contributed by atoms with E-state index in [1.807, 2.05) is 44.2 Å². The van der Waals surface area contributed by atoms with Crippen molar-refractivity contribution in [3.05, 3.63) is 87.4 Å².